The van der Waals surface area contributed by atoms with Crippen LogP contribution < -0.4 is 10.6 Å². The van der Waals surface area contributed by atoms with Crippen molar-refractivity contribution in [1.82, 2.24) is 9.62 Å². The number of benzene rings is 1. The Labute approximate surface area is 167 Å². The van der Waals surface area contributed by atoms with Crippen LogP contribution in [0.4, 0.5) is 5.69 Å². The summed E-state index contributed by atoms with van der Waals surface area (Å²) in [5.41, 5.74) is 1.09. The number of nitrogens with zero attached hydrogens (tertiary/aromatic N) is 1. The molecule has 0 radical (unpaired) electrons. The highest BCUT2D eigenvalue weighted by atomic mass is 32.2. The van der Waals surface area contributed by atoms with Crippen molar-refractivity contribution in [1.29, 1.82) is 0 Å². The topological polar surface area (TPSA) is 91.7 Å². The third-order valence-corrected chi connectivity index (χ3v) is 6.83. The quantitative estimate of drug-likeness (QED) is 0.665. The number of rotatable bonds is 9. The van der Waals surface area contributed by atoms with E-state index in [0.29, 0.717) is 24.3 Å². The standard InChI is InChI=1S/C20H29N3O4S/c1-6-23(7-2)28(25,26)19-13-17(11-10-14(19)3)22-20(24)16(5)21-15(4)18-9-8-12-27-18/h8-13,15-16,21H,6-7H2,1-5H3,(H,22,24)/t15-,16-/m0/s1. The van der Waals surface area contributed by atoms with E-state index in [-0.39, 0.29) is 16.8 Å². The number of hydrogen-bond donors (Lipinski definition) is 2. The second kappa shape index (κ2) is 9.36. The molecule has 0 aliphatic heterocycles. The van der Waals surface area contributed by atoms with Crippen LogP contribution in [0.5, 0.6) is 0 Å². The van der Waals surface area contributed by atoms with E-state index < -0.39 is 16.1 Å². The molecule has 2 atom stereocenters. The van der Waals surface area contributed by atoms with Gasteiger partial charge >= 0.3 is 0 Å². The molecule has 1 aromatic heterocycles. The summed E-state index contributed by atoms with van der Waals surface area (Å²) < 4.78 is 32.4. The molecule has 0 saturated carbocycles. The molecule has 0 fully saturated rings. The van der Waals surface area contributed by atoms with Gasteiger partial charge in [0.25, 0.3) is 0 Å². The second-order valence-electron chi connectivity index (χ2n) is 6.68. The smallest absolute Gasteiger partial charge is 0.243 e. The van der Waals surface area contributed by atoms with Gasteiger partial charge in [-0.1, -0.05) is 19.9 Å². The van der Waals surface area contributed by atoms with Crippen molar-refractivity contribution in [3.8, 4) is 0 Å². The minimum Gasteiger partial charge on any atom is -0.468 e. The molecular weight excluding hydrogens is 378 g/mol. The number of carbonyl (C=O) groups excluding carboxylic acids is 1. The summed E-state index contributed by atoms with van der Waals surface area (Å²) in [6.07, 6.45) is 1.59. The Balaban J connectivity index is 2.15. The van der Waals surface area contributed by atoms with E-state index in [9.17, 15) is 13.2 Å². The molecule has 7 nitrogen and oxygen atoms in total. The van der Waals surface area contributed by atoms with Crippen LogP contribution in [0.3, 0.4) is 0 Å². The van der Waals surface area contributed by atoms with Crippen molar-refractivity contribution in [2.45, 2.75) is 51.6 Å². The Morgan fingerprint density at radius 2 is 1.86 bits per heavy atom. The fraction of sp³-hybridized carbons (Fsp3) is 0.450. The maximum absolute atomic E-state index is 12.9. The van der Waals surface area contributed by atoms with Crippen LogP contribution in [0.2, 0.25) is 0 Å². The van der Waals surface area contributed by atoms with Crippen molar-refractivity contribution < 1.29 is 17.6 Å². The van der Waals surface area contributed by atoms with E-state index >= 15 is 0 Å². The number of aryl methyl sites for hydroxylation is 1. The summed E-state index contributed by atoms with van der Waals surface area (Å²) in [6, 6.07) is 7.93. The lowest BCUT2D eigenvalue weighted by Crippen LogP contribution is -2.39. The fourth-order valence-electron chi connectivity index (χ4n) is 2.98. The van der Waals surface area contributed by atoms with E-state index in [1.54, 1.807) is 52.2 Å². The minimum atomic E-state index is -3.61. The Hall–Kier alpha value is -2.16. The van der Waals surface area contributed by atoms with Crippen molar-refractivity contribution in [2.24, 2.45) is 0 Å². The van der Waals surface area contributed by atoms with Crippen molar-refractivity contribution >= 4 is 21.6 Å². The molecule has 28 heavy (non-hydrogen) atoms. The minimum absolute atomic E-state index is 0.132. The van der Waals surface area contributed by atoms with Crippen molar-refractivity contribution in [3.63, 3.8) is 0 Å². The molecule has 0 spiro atoms. The number of anilines is 1. The van der Waals surface area contributed by atoms with Gasteiger partial charge in [-0.25, -0.2) is 8.42 Å². The first kappa shape index (κ1) is 22.1. The third-order valence-electron chi connectivity index (χ3n) is 4.64. The van der Waals surface area contributed by atoms with Gasteiger partial charge in [-0.05, 0) is 50.6 Å². The maximum atomic E-state index is 12.9. The summed E-state index contributed by atoms with van der Waals surface area (Å²) in [4.78, 5) is 12.8. The van der Waals surface area contributed by atoms with Crippen LogP contribution in [0.15, 0.2) is 45.9 Å². The molecule has 1 aromatic carbocycles. The van der Waals surface area contributed by atoms with Gasteiger partial charge in [0.05, 0.1) is 23.2 Å². The highest BCUT2D eigenvalue weighted by Crippen LogP contribution is 2.24. The first-order valence-electron chi connectivity index (χ1n) is 9.41. The van der Waals surface area contributed by atoms with Crippen LogP contribution in [0.1, 0.15) is 45.1 Å². The molecule has 8 heteroatoms. The molecule has 0 aliphatic rings. The molecule has 1 heterocycles. The lowest BCUT2D eigenvalue weighted by molar-refractivity contribution is -0.118. The average Bonchev–Trinajstić information content (AvgIpc) is 3.18. The molecule has 2 aromatic rings. The van der Waals surface area contributed by atoms with Crippen LogP contribution in [-0.2, 0) is 14.8 Å². The summed E-state index contributed by atoms with van der Waals surface area (Å²) in [6.45, 7) is 9.78. The summed E-state index contributed by atoms with van der Waals surface area (Å²) in [7, 11) is -3.61. The van der Waals surface area contributed by atoms with Crippen LogP contribution >= 0.6 is 0 Å². The van der Waals surface area contributed by atoms with Gasteiger partial charge in [0.2, 0.25) is 15.9 Å². The summed E-state index contributed by atoms with van der Waals surface area (Å²) in [5.74, 6) is 0.482. The van der Waals surface area contributed by atoms with E-state index in [4.69, 9.17) is 4.42 Å². The number of carbonyl (C=O) groups is 1. The molecule has 2 rings (SSSR count). The van der Waals surface area contributed by atoms with Gasteiger partial charge < -0.3 is 9.73 Å². The molecule has 0 bridgehead atoms. The Morgan fingerprint density at radius 1 is 1.18 bits per heavy atom. The maximum Gasteiger partial charge on any atom is 0.243 e. The Morgan fingerprint density at radius 3 is 2.43 bits per heavy atom. The summed E-state index contributed by atoms with van der Waals surface area (Å²) >= 11 is 0. The number of furan rings is 1. The molecule has 2 N–H and O–H groups in total. The van der Waals surface area contributed by atoms with Gasteiger partial charge in [0.1, 0.15) is 5.76 Å². The van der Waals surface area contributed by atoms with Crippen LogP contribution in [-0.4, -0.2) is 37.8 Å². The monoisotopic (exact) mass is 407 g/mol. The molecule has 0 saturated heterocycles. The molecule has 1 amide bonds. The number of nitrogens with one attached hydrogen (secondary N) is 2. The lowest BCUT2D eigenvalue weighted by Gasteiger charge is -2.21. The van der Waals surface area contributed by atoms with Crippen LogP contribution in [0, 0.1) is 6.92 Å². The first-order chi connectivity index (χ1) is 13.2. The molecule has 154 valence electrons. The predicted octanol–water partition coefficient (Wildman–Crippen LogP) is 3.30. The van der Waals surface area contributed by atoms with E-state index in [2.05, 4.69) is 10.6 Å². The third kappa shape index (κ3) is 5.01. The molecular formula is C20H29N3O4S. The highest BCUT2D eigenvalue weighted by molar-refractivity contribution is 7.89. The fourth-order valence-corrected chi connectivity index (χ4v) is 4.69. The van der Waals surface area contributed by atoms with Gasteiger partial charge in [-0.2, -0.15) is 4.31 Å². The highest BCUT2D eigenvalue weighted by Gasteiger charge is 2.24. The average molecular weight is 408 g/mol. The number of sulfonamides is 1. The largest absolute Gasteiger partial charge is 0.468 e. The number of hydrogen-bond acceptors (Lipinski definition) is 5. The van der Waals surface area contributed by atoms with E-state index in [0.717, 1.165) is 5.76 Å². The lowest BCUT2D eigenvalue weighted by atomic mass is 10.2. The molecule has 0 unspecified atom stereocenters. The first-order valence-corrected chi connectivity index (χ1v) is 10.9. The normalized spacial score (nSPS) is 14.1. The zero-order chi connectivity index (χ0) is 20.9. The van der Waals surface area contributed by atoms with Gasteiger partial charge in [0.15, 0.2) is 0 Å². The predicted molar refractivity (Wildman–Crippen MR) is 110 cm³/mol. The van der Waals surface area contributed by atoms with Gasteiger partial charge in [-0.3, -0.25) is 10.1 Å². The molecule has 0 aliphatic carbocycles. The zero-order valence-electron chi connectivity index (χ0n) is 17.0. The summed E-state index contributed by atoms with van der Waals surface area (Å²) in [5, 5.41) is 5.95. The number of amides is 1. The Kier molecular flexibility index (Phi) is 7.40. The van der Waals surface area contributed by atoms with E-state index in [1.807, 2.05) is 13.0 Å². The zero-order valence-corrected chi connectivity index (χ0v) is 17.8. The van der Waals surface area contributed by atoms with Gasteiger partial charge in [-0.15, -0.1) is 0 Å². The Bertz CT molecular complexity index is 890. The van der Waals surface area contributed by atoms with Crippen molar-refractivity contribution in [2.75, 3.05) is 18.4 Å². The SMILES string of the molecule is CCN(CC)S(=O)(=O)c1cc(NC(=O)[C@H](C)N[C@@H](C)c2ccco2)ccc1C. The second-order valence-corrected chi connectivity index (χ2v) is 8.59. The van der Waals surface area contributed by atoms with Crippen molar-refractivity contribution in [3.05, 3.63) is 47.9 Å². The van der Waals surface area contributed by atoms with Crippen LogP contribution in [0.25, 0.3) is 0 Å². The van der Waals surface area contributed by atoms with Gasteiger partial charge in [0, 0.05) is 18.8 Å². The van der Waals surface area contributed by atoms with E-state index in [1.165, 1.54) is 10.4 Å².